The van der Waals surface area contributed by atoms with Gasteiger partial charge >= 0.3 is 0 Å². The number of nitrogens with one attached hydrogen (secondary N) is 2. The molecule has 1 aromatic heterocycles. The van der Waals surface area contributed by atoms with Gasteiger partial charge in [-0.2, -0.15) is 0 Å². The van der Waals surface area contributed by atoms with E-state index in [1.807, 2.05) is 6.92 Å². The number of benzene rings is 2. The first kappa shape index (κ1) is 21.4. The summed E-state index contributed by atoms with van der Waals surface area (Å²) >= 11 is 5.29. The zero-order valence-electron chi connectivity index (χ0n) is 17.2. The summed E-state index contributed by atoms with van der Waals surface area (Å²) in [6.07, 6.45) is 0.790. The van der Waals surface area contributed by atoms with Crippen molar-refractivity contribution in [1.82, 2.24) is 9.55 Å². The first-order valence-corrected chi connectivity index (χ1v) is 9.72. The van der Waals surface area contributed by atoms with Crippen LogP contribution in [0.5, 0.6) is 17.2 Å². The number of amides is 1. The maximum atomic E-state index is 12.8. The van der Waals surface area contributed by atoms with E-state index in [4.69, 9.17) is 26.4 Å². The van der Waals surface area contributed by atoms with E-state index in [1.54, 1.807) is 30.3 Å². The lowest BCUT2D eigenvalue weighted by molar-refractivity contribution is 0.102. The number of aromatic amines is 1. The molecule has 1 heterocycles. The second kappa shape index (κ2) is 9.00. The maximum absolute atomic E-state index is 12.8. The van der Waals surface area contributed by atoms with Gasteiger partial charge in [-0.05, 0) is 36.8 Å². The van der Waals surface area contributed by atoms with Gasteiger partial charge in [-0.1, -0.05) is 6.92 Å². The van der Waals surface area contributed by atoms with E-state index in [9.17, 15) is 9.59 Å². The van der Waals surface area contributed by atoms with Crippen LogP contribution in [0.1, 0.15) is 23.7 Å². The molecule has 3 rings (SSSR count). The Morgan fingerprint density at radius 1 is 1.10 bits per heavy atom. The highest BCUT2D eigenvalue weighted by Crippen LogP contribution is 2.40. The Kier molecular flexibility index (Phi) is 6.41. The Morgan fingerprint density at radius 2 is 1.77 bits per heavy atom. The summed E-state index contributed by atoms with van der Waals surface area (Å²) in [6.45, 7) is 2.51. The van der Waals surface area contributed by atoms with E-state index in [-0.39, 0.29) is 11.5 Å². The largest absolute Gasteiger partial charge is 0.493 e. The van der Waals surface area contributed by atoms with Crippen LogP contribution >= 0.6 is 12.2 Å². The van der Waals surface area contributed by atoms with E-state index < -0.39 is 0 Å². The number of rotatable bonds is 7. The molecule has 0 bridgehead atoms. The summed E-state index contributed by atoms with van der Waals surface area (Å²) in [7, 11) is 4.51. The Bertz CT molecular complexity index is 1190. The number of carbonyl (C=O) groups is 1. The Hall–Kier alpha value is -3.33. The minimum Gasteiger partial charge on any atom is -0.493 e. The molecule has 0 fully saturated rings. The third kappa shape index (κ3) is 4.02. The van der Waals surface area contributed by atoms with Crippen molar-refractivity contribution in [3.8, 4) is 17.2 Å². The van der Waals surface area contributed by atoms with Crippen LogP contribution in [0.15, 0.2) is 35.1 Å². The van der Waals surface area contributed by atoms with Gasteiger partial charge in [-0.15, -0.1) is 0 Å². The number of fused-ring (bicyclic) bond motifs is 1. The van der Waals surface area contributed by atoms with E-state index >= 15 is 0 Å². The average Bonchev–Trinajstić information content (AvgIpc) is 2.75. The van der Waals surface area contributed by atoms with Crippen LogP contribution in [0.2, 0.25) is 0 Å². The molecule has 0 saturated carbocycles. The lowest BCUT2D eigenvalue weighted by Crippen LogP contribution is -2.22. The summed E-state index contributed by atoms with van der Waals surface area (Å²) in [5.41, 5.74) is 1.18. The number of anilines is 1. The SMILES string of the molecule is CCCn1c(=S)[nH]c2cc(C(=O)Nc3cc(OC)c(OC)c(OC)c3)ccc2c1=O. The van der Waals surface area contributed by atoms with Gasteiger partial charge in [0, 0.05) is 29.9 Å². The predicted octanol–water partition coefficient (Wildman–Crippen LogP) is 3.75. The first-order valence-electron chi connectivity index (χ1n) is 9.31. The van der Waals surface area contributed by atoms with Gasteiger partial charge in [0.25, 0.3) is 11.5 Å². The van der Waals surface area contributed by atoms with Crippen LogP contribution in [0, 0.1) is 4.77 Å². The van der Waals surface area contributed by atoms with Crippen LogP contribution < -0.4 is 25.1 Å². The minimum absolute atomic E-state index is 0.174. The number of hydrogen-bond acceptors (Lipinski definition) is 6. The molecule has 0 aliphatic carbocycles. The van der Waals surface area contributed by atoms with Crippen molar-refractivity contribution < 1.29 is 19.0 Å². The molecule has 2 aromatic carbocycles. The third-order valence-electron chi connectivity index (χ3n) is 4.61. The third-order valence-corrected chi connectivity index (χ3v) is 4.94. The molecule has 0 atom stereocenters. The van der Waals surface area contributed by atoms with Crippen molar-refractivity contribution in [2.45, 2.75) is 19.9 Å². The lowest BCUT2D eigenvalue weighted by Gasteiger charge is -2.14. The predicted molar refractivity (Wildman–Crippen MR) is 118 cm³/mol. The standard InChI is InChI=1S/C21H23N3O5S/c1-5-8-24-20(26)14-7-6-12(9-15(14)23-21(24)30)19(25)22-13-10-16(27-2)18(29-4)17(11-13)28-3/h6-7,9-11H,5,8H2,1-4H3,(H,22,25)(H,23,30). The molecular formula is C21H23N3O5S. The summed E-state index contributed by atoms with van der Waals surface area (Å²) in [6, 6.07) is 8.11. The Labute approximate surface area is 178 Å². The van der Waals surface area contributed by atoms with Gasteiger partial charge in [0.2, 0.25) is 5.75 Å². The molecular weight excluding hydrogens is 406 g/mol. The monoisotopic (exact) mass is 429 g/mol. The van der Waals surface area contributed by atoms with Gasteiger partial charge in [0.1, 0.15) is 0 Å². The Balaban J connectivity index is 1.97. The summed E-state index contributed by atoms with van der Waals surface area (Å²) < 4.78 is 17.8. The maximum Gasteiger partial charge on any atom is 0.262 e. The number of ether oxygens (including phenoxy) is 3. The second-order valence-electron chi connectivity index (χ2n) is 6.52. The number of aromatic nitrogens is 2. The second-order valence-corrected chi connectivity index (χ2v) is 6.90. The summed E-state index contributed by atoms with van der Waals surface area (Å²) in [5.74, 6) is 0.917. The normalized spacial score (nSPS) is 10.7. The van der Waals surface area contributed by atoms with Gasteiger partial charge in [0.05, 0.1) is 32.2 Å². The molecule has 1 amide bonds. The Morgan fingerprint density at radius 3 is 2.33 bits per heavy atom. The van der Waals surface area contributed by atoms with Crippen molar-refractivity contribution in [2.75, 3.05) is 26.6 Å². The molecule has 0 aliphatic heterocycles. The van der Waals surface area contributed by atoms with Gasteiger partial charge in [-0.3, -0.25) is 14.2 Å². The molecule has 9 heteroatoms. The highest BCUT2D eigenvalue weighted by molar-refractivity contribution is 7.71. The van der Waals surface area contributed by atoms with Crippen LogP contribution in [0.25, 0.3) is 10.9 Å². The van der Waals surface area contributed by atoms with E-state index in [0.29, 0.717) is 50.7 Å². The first-order chi connectivity index (χ1) is 14.4. The van der Waals surface area contributed by atoms with Crippen molar-refractivity contribution in [3.05, 3.63) is 51.0 Å². The number of H-pyrrole nitrogens is 1. The minimum atomic E-state index is -0.358. The molecule has 0 saturated heterocycles. The van der Waals surface area contributed by atoms with Crippen LogP contribution in [-0.4, -0.2) is 36.8 Å². The summed E-state index contributed by atoms with van der Waals surface area (Å²) in [4.78, 5) is 28.5. The van der Waals surface area contributed by atoms with Crippen molar-refractivity contribution in [1.29, 1.82) is 0 Å². The quantitative estimate of drug-likeness (QED) is 0.556. The molecule has 8 nitrogen and oxygen atoms in total. The van der Waals surface area contributed by atoms with Crippen LogP contribution in [-0.2, 0) is 6.54 Å². The van der Waals surface area contributed by atoms with Crippen LogP contribution in [0.4, 0.5) is 5.69 Å². The molecule has 0 radical (unpaired) electrons. The highest BCUT2D eigenvalue weighted by atomic mass is 32.1. The fourth-order valence-electron chi connectivity index (χ4n) is 3.18. The van der Waals surface area contributed by atoms with E-state index in [0.717, 1.165) is 6.42 Å². The number of carbonyl (C=O) groups excluding carboxylic acids is 1. The van der Waals surface area contributed by atoms with Crippen molar-refractivity contribution in [2.24, 2.45) is 0 Å². The number of hydrogen-bond donors (Lipinski definition) is 2. The van der Waals surface area contributed by atoms with Crippen molar-refractivity contribution >= 4 is 34.7 Å². The molecule has 158 valence electrons. The lowest BCUT2D eigenvalue weighted by atomic mass is 10.1. The topological polar surface area (TPSA) is 94.6 Å². The smallest absolute Gasteiger partial charge is 0.262 e. The van der Waals surface area contributed by atoms with E-state index in [1.165, 1.54) is 25.9 Å². The molecule has 0 aliphatic rings. The van der Waals surface area contributed by atoms with E-state index in [2.05, 4.69) is 10.3 Å². The van der Waals surface area contributed by atoms with Crippen LogP contribution in [0.3, 0.4) is 0 Å². The molecule has 3 aromatic rings. The summed E-state index contributed by atoms with van der Waals surface area (Å²) in [5, 5.41) is 3.28. The van der Waals surface area contributed by atoms with Crippen molar-refractivity contribution in [3.63, 3.8) is 0 Å². The number of methoxy groups -OCH3 is 3. The van der Waals surface area contributed by atoms with Gasteiger partial charge in [-0.25, -0.2) is 0 Å². The molecule has 30 heavy (non-hydrogen) atoms. The zero-order chi connectivity index (χ0) is 21.8. The zero-order valence-corrected chi connectivity index (χ0v) is 18.0. The highest BCUT2D eigenvalue weighted by Gasteiger charge is 2.16. The fraction of sp³-hybridized carbons (Fsp3) is 0.286. The molecule has 2 N–H and O–H groups in total. The molecule has 0 spiro atoms. The van der Waals surface area contributed by atoms with Gasteiger partial charge in [0.15, 0.2) is 16.3 Å². The average molecular weight is 429 g/mol. The van der Waals surface area contributed by atoms with Gasteiger partial charge < -0.3 is 24.5 Å². The fourth-order valence-corrected chi connectivity index (χ4v) is 3.46. The molecule has 0 unspecified atom stereocenters. The number of nitrogens with zero attached hydrogens (tertiary/aromatic N) is 1.